The van der Waals surface area contributed by atoms with Crippen LogP contribution in [0.1, 0.15) is 19.4 Å². The maximum Gasteiger partial charge on any atom is 0.242 e. The Balaban J connectivity index is 2.17. The van der Waals surface area contributed by atoms with Gasteiger partial charge < -0.3 is 15.8 Å². The Morgan fingerprint density at radius 3 is 2.62 bits per heavy atom. The van der Waals surface area contributed by atoms with E-state index in [1.807, 2.05) is 38.1 Å². The predicted octanol–water partition coefficient (Wildman–Crippen LogP) is 2.66. The number of aromatic nitrogens is 2. The largest absolute Gasteiger partial charge is 0.473 e. The molecule has 6 heteroatoms. The van der Waals surface area contributed by atoms with Gasteiger partial charge in [-0.05, 0) is 31.5 Å². The van der Waals surface area contributed by atoms with Crippen LogP contribution in [0, 0.1) is 11.3 Å². The van der Waals surface area contributed by atoms with Gasteiger partial charge in [0.2, 0.25) is 5.88 Å². The zero-order chi connectivity index (χ0) is 15.2. The molecule has 0 bridgehead atoms. The highest BCUT2D eigenvalue weighted by atomic mass is 16.5. The number of anilines is 3. The number of nitrogens with zero attached hydrogens (tertiary/aromatic N) is 3. The van der Waals surface area contributed by atoms with E-state index >= 15 is 0 Å². The molecule has 3 N–H and O–H groups in total. The molecule has 0 amide bonds. The molecule has 0 unspecified atom stereocenters. The Labute approximate surface area is 123 Å². The lowest BCUT2D eigenvalue weighted by Crippen LogP contribution is -2.10. The number of nitrogen functional groups attached to an aromatic ring is 1. The molecular formula is C15H17N5O. The number of hydrogen-bond acceptors (Lipinski definition) is 6. The SMILES string of the molecule is CC(C)Oc1ncnc(Nc2ccc(CC#N)cc2)c1N. The second-order valence-corrected chi connectivity index (χ2v) is 4.76. The monoisotopic (exact) mass is 283 g/mol. The van der Waals surface area contributed by atoms with Gasteiger partial charge in [-0.25, -0.2) is 4.98 Å². The van der Waals surface area contributed by atoms with Gasteiger partial charge in [0.05, 0.1) is 18.6 Å². The van der Waals surface area contributed by atoms with Crippen LogP contribution in [-0.4, -0.2) is 16.1 Å². The van der Waals surface area contributed by atoms with Crippen molar-refractivity contribution in [3.05, 3.63) is 36.2 Å². The highest BCUT2D eigenvalue weighted by Gasteiger charge is 2.10. The zero-order valence-electron chi connectivity index (χ0n) is 12.0. The number of hydrogen-bond donors (Lipinski definition) is 2. The first-order valence-corrected chi connectivity index (χ1v) is 6.60. The van der Waals surface area contributed by atoms with Gasteiger partial charge in [0, 0.05) is 5.69 Å². The van der Waals surface area contributed by atoms with Crippen LogP contribution in [0.25, 0.3) is 0 Å². The van der Waals surface area contributed by atoms with Crippen molar-refractivity contribution in [1.82, 2.24) is 9.97 Å². The first-order valence-electron chi connectivity index (χ1n) is 6.60. The molecule has 0 saturated carbocycles. The Morgan fingerprint density at radius 1 is 1.29 bits per heavy atom. The average Bonchev–Trinajstić information content (AvgIpc) is 2.45. The smallest absolute Gasteiger partial charge is 0.242 e. The van der Waals surface area contributed by atoms with Gasteiger partial charge in [-0.15, -0.1) is 0 Å². The molecule has 6 nitrogen and oxygen atoms in total. The van der Waals surface area contributed by atoms with Crippen LogP contribution in [0.4, 0.5) is 17.2 Å². The van der Waals surface area contributed by atoms with E-state index in [0.29, 0.717) is 23.8 Å². The van der Waals surface area contributed by atoms with Crippen molar-refractivity contribution in [1.29, 1.82) is 5.26 Å². The number of nitrogens with two attached hydrogens (primary N) is 1. The number of rotatable bonds is 5. The fourth-order valence-electron chi connectivity index (χ4n) is 1.73. The van der Waals surface area contributed by atoms with Crippen molar-refractivity contribution in [3.8, 4) is 11.9 Å². The Morgan fingerprint density at radius 2 is 2.00 bits per heavy atom. The summed E-state index contributed by atoms with van der Waals surface area (Å²) in [5.74, 6) is 0.859. The van der Waals surface area contributed by atoms with Gasteiger partial charge in [0.1, 0.15) is 12.0 Å². The Kier molecular flexibility index (Phi) is 4.57. The summed E-state index contributed by atoms with van der Waals surface area (Å²) in [6, 6.07) is 9.62. The van der Waals surface area contributed by atoms with Gasteiger partial charge in [-0.2, -0.15) is 10.2 Å². The van der Waals surface area contributed by atoms with Crippen LogP contribution in [0.5, 0.6) is 5.88 Å². The van der Waals surface area contributed by atoms with Crippen LogP contribution in [-0.2, 0) is 6.42 Å². The Hall–Kier alpha value is -2.81. The van der Waals surface area contributed by atoms with Crippen LogP contribution < -0.4 is 15.8 Å². The lowest BCUT2D eigenvalue weighted by molar-refractivity contribution is 0.234. The minimum absolute atomic E-state index is 0.0136. The molecule has 1 heterocycles. The van der Waals surface area contributed by atoms with E-state index in [2.05, 4.69) is 21.4 Å². The molecule has 108 valence electrons. The van der Waals surface area contributed by atoms with E-state index in [9.17, 15) is 0 Å². The number of ether oxygens (including phenoxy) is 1. The lowest BCUT2D eigenvalue weighted by Gasteiger charge is -2.13. The van der Waals surface area contributed by atoms with Crippen LogP contribution >= 0.6 is 0 Å². The first kappa shape index (κ1) is 14.6. The summed E-state index contributed by atoms with van der Waals surface area (Å²) in [5, 5.41) is 11.8. The van der Waals surface area contributed by atoms with Gasteiger partial charge in [-0.1, -0.05) is 12.1 Å². The summed E-state index contributed by atoms with van der Waals surface area (Å²) >= 11 is 0. The molecular weight excluding hydrogens is 266 g/mol. The van der Waals surface area contributed by atoms with Crippen molar-refractivity contribution in [2.75, 3.05) is 11.1 Å². The average molecular weight is 283 g/mol. The molecule has 2 rings (SSSR count). The summed E-state index contributed by atoms with van der Waals surface area (Å²) in [6.07, 6.45) is 1.78. The van der Waals surface area contributed by atoms with Crippen molar-refractivity contribution in [2.45, 2.75) is 26.4 Å². The van der Waals surface area contributed by atoms with Crippen molar-refractivity contribution in [2.24, 2.45) is 0 Å². The van der Waals surface area contributed by atoms with E-state index < -0.39 is 0 Å². The lowest BCUT2D eigenvalue weighted by atomic mass is 10.1. The predicted molar refractivity (Wildman–Crippen MR) is 81.3 cm³/mol. The van der Waals surface area contributed by atoms with Crippen molar-refractivity contribution >= 4 is 17.2 Å². The van der Waals surface area contributed by atoms with Crippen molar-refractivity contribution < 1.29 is 4.74 Å². The maximum atomic E-state index is 8.65. The molecule has 0 aliphatic carbocycles. The van der Waals surface area contributed by atoms with Crippen LogP contribution in [0.2, 0.25) is 0 Å². The minimum atomic E-state index is -0.0136. The Bertz CT molecular complexity index is 646. The summed E-state index contributed by atoms with van der Waals surface area (Å²) in [5.41, 5.74) is 8.16. The van der Waals surface area contributed by atoms with Gasteiger partial charge in [0.15, 0.2) is 5.82 Å². The standard InChI is InChI=1S/C15H17N5O/c1-10(2)21-15-13(17)14(18-9-19-15)20-12-5-3-11(4-6-12)7-8-16/h3-6,9-10H,7,17H2,1-2H3,(H,18,19,20). The van der Waals surface area contributed by atoms with Crippen LogP contribution in [0.15, 0.2) is 30.6 Å². The maximum absolute atomic E-state index is 8.65. The second kappa shape index (κ2) is 6.57. The summed E-state index contributed by atoms with van der Waals surface area (Å²) in [7, 11) is 0. The third-order valence-corrected chi connectivity index (χ3v) is 2.69. The van der Waals surface area contributed by atoms with Gasteiger partial charge in [-0.3, -0.25) is 0 Å². The molecule has 0 fully saturated rings. The van der Waals surface area contributed by atoms with E-state index in [1.165, 1.54) is 6.33 Å². The third-order valence-electron chi connectivity index (χ3n) is 2.69. The van der Waals surface area contributed by atoms with Crippen LogP contribution in [0.3, 0.4) is 0 Å². The molecule has 2 aromatic rings. The summed E-state index contributed by atoms with van der Waals surface area (Å²) in [4.78, 5) is 8.15. The summed E-state index contributed by atoms with van der Waals surface area (Å²) < 4.78 is 5.52. The molecule has 1 aromatic carbocycles. The molecule has 0 radical (unpaired) electrons. The third kappa shape index (κ3) is 3.83. The normalized spacial score (nSPS) is 10.2. The molecule has 0 aliphatic heterocycles. The van der Waals surface area contributed by atoms with Gasteiger partial charge in [0.25, 0.3) is 0 Å². The first-order chi connectivity index (χ1) is 10.1. The molecule has 0 aliphatic rings. The fraction of sp³-hybridized carbons (Fsp3) is 0.267. The van der Waals surface area contributed by atoms with Gasteiger partial charge >= 0.3 is 0 Å². The minimum Gasteiger partial charge on any atom is -0.473 e. The number of nitriles is 1. The van der Waals surface area contributed by atoms with Crippen molar-refractivity contribution in [3.63, 3.8) is 0 Å². The second-order valence-electron chi connectivity index (χ2n) is 4.76. The van der Waals surface area contributed by atoms with E-state index in [4.69, 9.17) is 15.7 Å². The van der Waals surface area contributed by atoms with E-state index in [1.54, 1.807) is 0 Å². The summed E-state index contributed by atoms with van der Waals surface area (Å²) in [6.45, 7) is 3.81. The topological polar surface area (TPSA) is 96.9 Å². The molecule has 0 atom stereocenters. The molecule has 0 saturated heterocycles. The molecule has 0 spiro atoms. The fourth-order valence-corrected chi connectivity index (χ4v) is 1.73. The molecule has 1 aromatic heterocycles. The van der Waals surface area contributed by atoms with E-state index in [-0.39, 0.29) is 6.10 Å². The quantitative estimate of drug-likeness (QED) is 0.875. The highest BCUT2D eigenvalue weighted by molar-refractivity contribution is 5.72. The van der Waals surface area contributed by atoms with E-state index in [0.717, 1.165) is 11.3 Å². The zero-order valence-corrected chi connectivity index (χ0v) is 12.0. The highest BCUT2D eigenvalue weighted by Crippen LogP contribution is 2.28. The number of nitrogens with one attached hydrogen (secondary N) is 1. The molecule has 21 heavy (non-hydrogen) atoms. The number of benzene rings is 1.